The fourth-order valence-corrected chi connectivity index (χ4v) is 2.79. The van der Waals surface area contributed by atoms with Crippen LogP contribution in [-0.2, 0) is 0 Å². The Morgan fingerprint density at radius 2 is 1.93 bits per heavy atom. The molecule has 1 aliphatic rings. The molecule has 0 bridgehead atoms. The Hall–Kier alpha value is -0.0500. The quantitative estimate of drug-likeness (QED) is 0.263. The molecule has 2 nitrogen and oxygen atoms in total. The predicted octanol–water partition coefficient (Wildman–Crippen LogP) is 3.96. The van der Waals surface area contributed by atoms with Gasteiger partial charge in [-0.25, -0.2) is 0 Å². The molecule has 1 aliphatic carbocycles. The van der Waals surface area contributed by atoms with E-state index in [1.54, 1.807) is 6.21 Å². The summed E-state index contributed by atoms with van der Waals surface area (Å²) in [5, 5.41) is 13.1. The third-order valence-corrected chi connectivity index (χ3v) is 3.80. The Bertz CT molecular complexity index is 176. The molecule has 1 rings (SSSR count). The normalized spacial score (nSPS) is 21.5. The second kappa shape index (κ2) is 6.44. The van der Waals surface area contributed by atoms with E-state index in [4.69, 9.17) is 5.21 Å². The number of oxime groups is 1. The number of rotatable bonds is 5. The highest BCUT2D eigenvalue weighted by Gasteiger charge is 2.29. The lowest BCUT2D eigenvalue weighted by Gasteiger charge is -2.33. The van der Waals surface area contributed by atoms with Gasteiger partial charge in [0.1, 0.15) is 0 Å². The van der Waals surface area contributed by atoms with E-state index < -0.39 is 0 Å². The van der Waals surface area contributed by atoms with Crippen molar-refractivity contribution in [1.82, 2.24) is 0 Å². The molecule has 0 radical (unpaired) electrons. The summed E-state index contributed by atoms with van der Waals surface area (Å²) in [6.07, 6.45) is 11.8. The molecule has 14 heavy (non-hydrogen) atoms. The molecular formula is C11H20BrNO. The average Bonchev–Trinajstić information content (AvgIpc) is 2.20. The predicted molar refractivity (Wildman–Crippen MR) is 63.4 cm³/mol. The van der Waals surface area contributed by atoms with Gasteiger partial charge >= 0.3 is 0 Å². The summed E-state index contributed by atoms with van der Waals surface area (Å²) in [4.78, 5) is 0. The lowest BCUT2D eigenvalue weighted by atomic mass is 9.72. The first-order valence-corrected chi connectivity index (χ1v) is 6.70. The van der Waals surface area contributed by atoms with Crippen molar-refractivity contribution in [3.8, 4) is 0 Å². The molecule has 0 saturated heterocycles. The van der Waals surface area contributed by atoms with Gasteiger partial charge in [0, 0.05) is 17.0 Å². The van der Waals surface area contributed by atoms with Gasteiger partial charge in [-0.3, -0.25) is 0 Å². The summed E-state index contributed by atoms with van der Waals surface area (Å²) in [5.41, 5.74) is 0.217. The Morgan fingerprint density at radius 1 is 1.21 bits per heavy atom. The molecule has 0 heterocycles. The summed E-state index contributed by atoms with van der Waals surface area (Å²) in [6, 6.07) is 0. The van der Waals surface area contributed by atoms with Gasteiger partial charge in [-0.2, -0.15) is 0 Å². The fraction of sp³-hybridized carbons (Fsp3) is 0.909. The van der Waals surface area contributed by atoms with Crippen molar-refractivity contribution in [1.29, 1.82) is 0 Å². The first-order chi connectivity index (χ1) is 6.83. The van der Waals surface area contributed by atoms with Crippen LogP contribution in [0.4, 0.5) is 0 Å². The van der Waals surface area contributed by atoms with Crippen LogP contribution in [0, 0.1) is 5.41 Å². The maximum Gasteiger partial charge on any atom is 0.0497 e. The second-order valence-electron chi connectivity index (χ2n) is 4.31. The second-order valence-corrected chi connectivity index (χ2v) is 5.11. The molecule has 0 unspecified atom stereocenters. The molecule has 1 fully saturated rings. The van der Waals surface area contributed by atoms with Crippen molar-refractivity contribution >= 4 is 22.1 Å². The van der Waals surface area contributed by atoms with Crippen LogP contribution < -0.4 is 0 Å². The molecule has 0 amide bonds. The zero-order valence-corrected chi connectivity index (χ0v) is 10.3. The SMILES string of the molecule is O/N=C/C1(CCCCBr)CCCCC1. The van der Waals surface area contributed by atoms with Gasteiger partial charge in [0.2, 0.25) is 0 Å². The molecule has 0 aromatic heterocycles. The van der Waals surface area contributed by atoms with Crippen LogP contribution in [0.3, 0.4) is 0 Å². The van der Waals surface area contributed by atoms with Crippen LogP contribution in [0.1, 0.15) is 51.4 Å². The maximum absolute atomic E-state index is 8.70. The minimum absolute atomic E-state index is 0.217. The number of nitrogens with zero attached hydrogens (tertiary/aromatic N) is 1. The van der Waals surface area contributed by atoms with Gasteiger partial charge in [-0.1, -0.05) is 41.6 Å². The van der Waals surface area contributed by atoms with Crippen LogP contribution >= 0.6 is 15.9 Å². The van der Waals surface area contributed by atoms with E-state index in [2.05, 4.69) is 21.1 Å². The van der Waals surface area contributed by atoms with Gasteiger partial charge in [0.25, 0.3) is 0 Å². The van der Waals surface area contributed by atoms with Crippen molar-refractivity contribution in [3.05, 3.63) is 0 Å². The van der Waals surface area contributed by atoms with Gasteiger partial charge < -0.3 is 5.21 Å². The minimum Gasteiger partial charge on any atom is -0.411 e. The van der Waals surface area contributed by atoms with Gasteiger partial charge in [0.15, 0.2) is 0 Å². The lowest BCUT2D eigenvalue weighted by molar-refractivity contribution is 0.249. The number of halogens is 1. The van der Waals surface area contributed by atoms with E-state index in [0.29, 0.717) is 0 Å². The Morgan fingerprint density at radius 3 is 2.50 bits per heavy atom. The van der Waals surface area contributed by atoms with Crippen LogP contribution in [-0.4, -0.2) is 16.8 Å². The highest BCUT2D eigenvalue weighted by atomic mass is 79.9. The molecule has 1 N–H and O–H groups in total. The van der Waals surface area contributed by atoms with Gasteiger partial charge in [-0.15, -0.1) is 5.16 Å². The van der Waals surface area contributed by atoms with Crippen LogP contribution in [0.2, 0.25) is 0 Å². The maximum atomic E-state index is 8.70. The fourth-order valence-electron chi connectivity index (χ4n) is 2.39. The Balaban J connectivity index is 2.43. The summed E-state index contributed by atoms with van der Waals surface area (Å²) in [7, 11) is 0. The molecule has 0 spiro atoms. The van der Waals surface area contributed by atoms with Crippen molar-refractivity contribution in [2.24, 2.45) is 10.6 Å². The van der Waals surface area contributed by atoms with Crippen molar-refractivity contribution in [2.75, 3.05) is 5.33 Å². The number of hydrogen-bond donors (Lipinski definition) is 1. The van der Waals surface area contributed by atoms with Crippen LogP contribution in [0.15, 0.2) is 5.16 Å². The molecule has 1 saturated carbocycles. The van der Waals surface area contributed by atoms with E-state index >= 15 is 0 Å². The molecular weight excluding hydrogens is 242 g/mol. The molecule has 0 aromatic carbocycles. The highest BCUT2D eigenvalue weighted by molar-refractivity contribution is 9.09. The topological polar surface area (TPSA) is 32.6 Å². The monoisotopic (exact) mass is 261 g/mol. The van der Waals surface area contributed by atoms with E-state index in [-0.39, 0.29) is 5.41 Å². The van der Waals surface area contributed by atoms with E-state index in [9.17, 15) is 0 Å². The van der Waals surface area contributed by atoms with Gasteiger partial charge in [0.05, 0.1) is 0 Å². The Labute approximate surface area is 94.9 Å². The summed E-state index contributed by atoms with van der Waals surface area (Å²) < 4.78 is 0. The third kappa shape index (κ3) is 3.60. The zero-order valence-electron chi connectivity index (χ0n) is 8.71. The van der Waals surface area contributed by atoms with Crippen LogP contribution in [0.25, 0.3) is 0 Å². The van der Waals surface area contributed by atoms with Crippen molar-refractivity contribution in [3.63, 3.8) is 0 Å². The van der Waals surface area contributed by atoms with E-state index in [1.807, 2.05) is 0 Å². The van der Waals surface area contributed by atoms with Crippen molar-refractivity contribution < 1.29 is 5.21 Å². The number of hydrogen-bond acceptors (Lipinski definition) is 2. The molecule has 3 heteroatoms. The third-order valence-electron chi connectivity index (χ3n) is 3.24. The minimum atomic E-state index is 0.217. The summed E-state index contributed by atoms with van der Waals surface area (Å²) >= 11 is 3.45. The van der Waals surface area contributed by atoms with Crippen molar-refractivity contribution in [2.45, 2.75) is 51.4 Å². The molecule has 82 valence electrons. The molecule has 0 aliphatic heterocycles. The standard InChI is InChI=1S/C11H20BrNO/c12-9-5-4-8-11(10-13-14)6-2-1-3-7-11/h10,14H,1-9H2/b13-10+. The highest BCUT2D eigenvalue weighted by Crippen LogP contribution is 2.39. The number of alkyl halides is 1. The zero-order chi connectivity index (χ0) is 10.3. The summed E-state index contributed by atoms with van der Waals surface area (Å²) in [6.45, 7) is 0. The van der Waals surface area contributed by atoms with Crippen LogP contribution in [0.5, 0.6) is 0 Å². The summed E-state index contributed by atoms with van der Waals surface area (Å²) in [5.74, 6) is 0. The lowest BCUT2D eigenvalue weighted by Crippen LogP contribution is -2.25. The van der Waals surface area contributed by atoms with Gasteiger partial charge in [-0.05, 0) is 25.7 Å². The first kappa shape index (κ1) is 12.0. The largest absolute Gasteiger partial charge is 0.411 e. The van der Waals surface area contributed by atoms with E-state index in [0.717, 1.165) is 5.33 Å². The first-order valence-electron chi connectivity index (χ1n) is 5.57. The number of unbranched alkanes of at least 4 members (excludes halogenated alkanes) is 1. The molecule has 0 aromatic rings. The molecule has 0 atom stereocenters. The average molecular weight is 262 g/mol. The smallest absolute Gasteiger partial charge is 0.0497 e. The Kier molecular flexibility index (Phi) is 5.53. The van der Waals surface area contributed by atoms with E-state index in [1.165, 1.54) is 51.4 Å².